The Labute approximate surface area is 156 Å². The Hall–Kier alpha value is -3.61. The number of nitrogens with zero attached hydrogens (tertiary/aromatic N) is 2. The zero-order chi connectivity index (χ0) is 19.1. The van der Waals surface area contributed by atoms with Crippen molar-refractivity contribution in [2.75, 3.05) is 13.7 Å². The summed E-state index contributed by atoms with van der Waals surface area (Å²) in [5.41, 5.74) is 1.28. The average Bonchev–Trinajstić information content (AvgIpc) is 3.20. The maximum Gasteiger partial charge on any atom is 0.251 e. The number of rotatable bonds is 8. The Morgan fingerprint density at radius 1 is 1.22 bits per heavy atom. The Balaban J connectivity index is 1.59. The first-order valence-corrected chi connectivity index (χ1v) is 8.28. The number of nitrogens with one attached hydrogen (secondary N) is 1. The van der Waals surface area contributed by atoms with Gasteiger partial charge >= 0.3 is 0 Å². The summed E-state index contributed by atoms with van der Waals surface area (Å²) in [4.78, 5) is 16.5. The fourth-order valence-electron chi connectivity index (χ4n) is 2.32. The molecule has 0 radical (unpaired) electrons. The summed E-state index contributed by atoms with van der Waals surface area (Å²) in [5.74, 6) is 1.87. The van der Waals surface area contributed by atoms with Gasteiger partial charge in [0.1, 0.15) is 18.1 Å². The van der Waals surface area contributed by atoms with Crippen molar-refractivity contribution in [3.8, 4) is 22.9 Å². The van der Waals surface area contributed by atoms with Gasteiger partial charge in [-0.15, -0.1) is 0 Å². The van der Waals surface area contributed by atoms with Crippen molar-refractivity contribution in [1.29, 1.82) is 0 Å². The number of benzene rings is 2. The van der Waals surface area contributed by atoms with E-state index in [1.165, 1.54) is 0 Å². The molecule has 0 atom stereocenters. The lowest BCUT2D eigenvalue weighted by Gasteiger charge is -2.05. The van der Waals surface area contributed by atoms with Crippen LogP contribution in [0.25, 0.3) is 11.4 Å². The molecule has 27 heavy (non-hydrogen) atoms. The van der Waals surface area contributed by atoms with Gasteiger partial charge in [-0.3, -0.25) is 4.79 Å². The SMILES string of the molecule is C=CCOc1ccc(C(=O)NCc2nc(-c3cccc(OC)c3)no2)cc1. The minimum absolute atomic E-state index is 0.129. The van der Waals surface area contributed by atoms with Crippen molar-refractivity contribution >= 4 is 5.91 Å². The van der Waals surface area contributed by atoms with Crippen molar-refractivity contribution in [1.82, 2.24) is 15.5 Å². The van der Waals surface area contributed by atoms with Crippen LogP contribution in [0.1, 0.15) is 16.2 Å². The number of amides is 1. The van der Waals surface area contributed by atoms with E-state index in [9.17, 15) is 4.79 Å². The molecule has 3 rings (SSSR count). The van der Waals surface area contributed by atoms with Crippen molar-refractivity contribution < 1.29 is 18.8 Å². The molecule has 2 aromatic carbocycles. The topological polar surface area (TPSA) is 86.5 Å². The predicted octanol–water partition coefficient (Wildman–Crippen LogP) is 3.24. The lowest BCUT2D eigenvalue weighted by atomic mass is 10.2. The Kier molecular flexibility index (Phi) is 5.84. The predicted molar refractivity (Wildman–Crippen MR) is 99.6 cm³/mol. The van der Waals surface area contributed by atoms with Crippen LogP contribution in [-0.4, -0.2) is 29.8 Å². The molecule has 1 heterocycles. The van der Waals surface area contributed by atoms with E-state index in [-0.39, 0.29) is 12.5 Å². The number of hydrogen-bond donors (Lipinski definition) is 1. The molecule has 0 spiro atoms. The van der Waals surface area contributed by atoms with Crippen LogP contribution in [0.3, 0.4) is 0 Å². The zero-order valence-electron chi connectivity index (χ0n) is 14.8. The summed E-state index contributed by atoms with van der Waals surface area (Å²) in [7, 11) is 1.59. The molecule has 0 bridgehead atoms. The molecule has 1 N–H and O–H groups in total. The van der Waals surface area contributed by atoms with E-state index in [1.807, 2.05) is 24.3 Å². The summed E-state index contributed by atoms with van der Waals surface area (Å²) in [5, 5.41) is 6.68. The second-order valence-electron chi connectivity index (χ2n) is 5.55. The van der Waals surface area contributed by atoms with Gasteiger partial charge in [0.05, 0.1) is 13.7 Å². The molecule has 7 nitrogen and oxygen atoms in total. The van der Waals surface area contributed by atoms with Gasteiger partial charge < -0.3 is 19.3 Å². The summed E-state index contributed by atoms with van der Waals surface area (Å²) in [6.07, 6.45) is 1.66. The van der Waals surface area contributed by atoms with Crippen LogP contribution in [0.5, 0.6) is 11.5 Å². The Morgan fingerprint density at radius 2 is 2.04 bits per heavy atom. The number of aromatic nitrogens is 2. The van der Waals surface area contributed by atoms with Gasteiger partial charge in [0.2, 0.25) is 11.7 Å². The summed E-state index contributed by atoms with van der Waals surface area (Å²) in [6.45, 7) is 4.13. The molecular formula is C20H19N3O4. The van der Waals surface area contributed by atoms with Crippen molar-refractivity contribution in [3.05, 3.63) is 72.6 Å². The monoisotopic (exact) mass is 365 g/mol. The van der Waals surface area contributed by atoms with Crippen LogP contribution >= 0.6 is 0 Å². The molecule has 0 saturated carbocycles. The molecule has 3 aromatic rings. The summed E-state index contributed by atoms with van der Waals surface area (Å²) in [6, 6.07) is 14.2. The Bertz CT molecular complexity index is 919. The summed E-state index contributed by atoms with van der Waals surface area (Å²) >= 11 is 0. The third-order valence-electron chi connectivity index (χ3n) is 3.68. The number of hydrogen-bond acceptors (Lipinski definition) is 6. The van der Waals surface area contributed by atoms with E-state index in [2.05, 4.69) is 22.0 Å². The van der Waals surface area contributed by atoms with E-state index < -0.39 is 0 Å². The first-order valence-electron chi connectivity index (χ1n) is 8.28. The lowest BCUT2D eigenvalue weighted by Crippen LogP contribution is -2.22. The van der Waals surface area contributed by atoms with Gasteiger partial charge in [0.15, 0.2) is 0 Å². The Morgan fingerprint density at radius 3 is 2.78 bits per heavy atom. The van der Waals surface area contributed by atoms with Gasteiger partial charge in [0, 0.05) is 11.1 Å². The third kappa shape index (κ3) is 4.72. The minimum atomic E-state index is -0.244. The van der Waals surface area contributed by atoms with E-state index in [4.69, 9.17) is 14.0 Å². The van der Waals surface area contributed by atoms with Gasteiger partial charge in [-0.1, -0.05) is 29.9 Å². The summed E-state index contributed by atoms with van der Waals surface area (Å²) < 4.78 is 15.8. The highest BCUT2D eigenvalue weighted by molar-refractivity contribution is 5.94. The number of ether oxygens (including phenoxy) is 2. The van der Waals surface area contributed by atoms with Gasteiger partial charge in [-0.25, -0.2) is 0 Å². The molecule has 7 heteroatoms. The third-order valence-corrected chi connectivity index (χ3v) is 3.68. The van der Waals surface area contributed by atoms with Crippen LogP contribution < -0.4 is 14.8 Å². The largest absolute Gasteiger partial charge is 0.497 e. The molecule has 0 unspecified atom stereocenters. The minimum Gasteiger partial charge on any atom is -0.497 e. The van der Waals surface area contributed by atoms with Crippen LogP contribution in [0.2, 0.25) is 0 Å². The fraction of sp³-hybridized carbons (Fsp3) is 0.150. The van der Waals surface area contributed by atoms with Gasteiger partial charge in [-0.2, -0.15) is 4.98 Å². The highest BCUT2D eigenvalue weighted by Crippen LogP contribution is 2.21. The smallest absolute Gasteiger partial charge is 0.251 e. The average molecular weight is 365 g/mol. The van der Waals surface area contributed by atoms with Crippen LogP contribution in [0.4, 0.5) is 0 Å². The second-order valence-corrected chi connectivity index (χ2v) is 5.55. The standard InChI is InChI=1S/C20H19N3O4/c1-3-11-26-16-9-7-14(8-10-16)20(24)21-13-18-22-19(23-27-18)15-5-4-6-17(12-15)25-2/h3-10,12H,1,11,13H2,2H3,(H,21,24). The van der Waals surface area contributed by atoms with Crippen molar-refractivity contribution in [2.24, 2.45) is 0 Å². The molecule has 0 aliphatic rings. The van der Waals surface area contributed by atoms with Gasteiger partial charge in [-0.05, 0) is 36.4 Å². The molecular weight excluding hydrogens is 346 g/mol. The van der Waals surface area contributed by atoms with Crippen LogP contribution in [0, 0.1) is 0 Å². The van der Waals surface area contributed by atoms with E-state index in [1.54, 1.807) is 37.5 Å². The maximum atomic E-state index is 12.2. The molecule has 0 aliphatic carbocycles. The van der Waals surface area contributed by atoms with Crippen molar-refractivity contribution in [3.63, 3.8) is 0 Å². The van der Waals surface area contributed by atoms with Crippen LogP contribution in [0.15, 0.2) is 65.7 Å². The molecule has 0 saturated heterocycles. The van der Waals surface area contributed by atoms with Gasteiger partial charge in [0.25, 0.3) is 5.91 Å². The first kappa shape index (κ1) is 18.2. The van der Waals surface area contributed by atoms with E-state index >= 15 is 0 Å². The molecule has 1 amide bonds. The molecule has 0 aliphatic heterocycles. The highest BCUT2D eigenvalue weighted by atomic mass is 16.5. The zero-order valence-corrected chi connectivity index (χ0v) is 14.8. The fourth-order valence-corrected chi connectivity index (χ4v) is 2.32. The van der Waals surface area contributed by atoms with E-state index in [0.717, 1.165) is 5.56 Å². The maximum absolute atomic E-state index is 12.2. The normalized spacial score (nSPS) is 10.3. The molecule has 1 aromatic heterocycles. The van der Waals surface area contributed by atoms with Crippen LogP contribution in [-0.2, 0) is 6.54 Å². The quantitative estimate of drug-likeness (QED) is 0.617. The molecule has 138 valence electrons. The second kappa shape index (κ2) is 8.66. The van der Waals surface area contributed by atoms with E-state index in [0.29, 0.717) is 35.4 Å². The lowest BCUT2D eigenvalue weighted by molar-refractivity contribution is 0.0946. The number of carbonyl (C=O) groups excluding carboxylic acids is 1. The number of methoxy groups -OCH3 is 1. The van der Waals surface area contributed by atoms with Crippen molar-refractivity contribution in [2.45, 2.75) is 6.54 Å². The number of carbonyl (C=O) groups is 1. The molecule has 0 fully saturated rings. The highest BCUT2D eigenvalue weighted by Gasteiger charge is 2.11. The first-order chi connectivity index (χ1) is 13.2.